The largest absolute Gasteiger partial charge is 0.383 e. The molecule has 0 amide bonds. The average Bonchev–Trinajstić information content (AvgIpc) is 2.47. The van der Waals surface area contributed by atoms with Gasteiger partial charge in [-0.1, -0.05) is 13.8 Å². The normalized spacial score (nSPS) is 11.0. The van der Waals surface area contributed by atoms with Crippen LogP contribution in [0.5, 0.6) is 0 Å². The molecule has 0 bridgehead atoms. The summed E-state index contributed by atoms with van der Waals surface area (Å²) in [5, 5.41) is 3.33. The summed E-state index contributed by atoms with van der Waals surface area (Å²) < 4.78 is 5.28. The van der Waals surface area contributed by atoms with Gasteiger partial charge in [0.15, 0.2) is 0 Å². The second-order valence-corrected chi connectivity index (χ2v) is 5.25. The van der Waals surface area contributed by atoms with Crippen LogP contribution < -0.4 is 10.2 Å². The Morgan fingerprint density at radius 1 is 1.14 bits per heavy atom. The van der Waals surface area contributed by atoms with E-state index in [0.717, 1.165) is 49.0 Å². The van der Waals surface area contributed by atoms with E-state index in [4.69, 9.17) is 9.72 Å². The van der Waals surface area contributed by atoms with E-state index < -0.39 is 0 Å². The van der Waals surface area contributed by atoms with E-state index in [0.29, 0.717) is 12.6 Å². The van der Waals surface area contributed by atoms with Crippen LogP contribution in [0.2, 0.25) is 0 Å². The first-order chi connectivity index (χ1) is 10.1. The summed E-state index contributed by atoms with van der Waals surface area (Å²) in [5.74, 6) is 2.78. The number of ether oxygens (including phenoxy) is 1. The molecular formula is C16H30N4O. The number of methoxy groups -OCH3 is 1. The zero-order valence-corrected chi connectivity index (χ0v) is 14.4. The molecule has 120 valence electrons. The minimum Gasteiger partial charge on any atom is -0.383 e. The molecular weight excluding hydrogens is 264 g/mol. The van der Waals surface area contributed by atoms with Crippen LogP contribution in [-0.4, -0.2) is 42.8 Å². The van der Waals surface area contributed by atoms with Crippen molar-refractivity contribution >= 4 is 11.6 Å². The first kappa shape index (κ1) is 17.7. The molecule has 0 aliphatic heterocycles. The highest BCUT2D eigenvalue weighted by Crippen LogP contribution is 2.26. The number of nitrogens with zero attached hydrogens (tertiary/aromatic N) is 3. The highest BCUT2D eigenvalue weighted by Gasteiger charge is 2.21. The number of hydrogen-bond acceptors (Lipinski definition) is 5. The van der Waals surface area contributed by atoms with Crippen LogP contribution in [0.3, 0.4) is 0 Å². The lowest BCUT2D eigenvalue weighted by Gasteiger charge is -2.33. The standard InChI is InChI=1S/C16H30N4O/c1-7-14(8-2)20(10-11-21-6)16-12(4)15(17-9-3)18-13(5)19-16/h14H,7-11H2,1-6H3,(H,17,18,19). The fourth-order valence-electron chi connectivity index (χ4n) is 2.61. The van der Waals surface area contributed by atoms with Crippen molar-refractivity contribution < 1.29 is 4.74 Å². The minimum absolute atomic E-state index is 0.475. The number of nitrogens with one attached hydrogen (secondary N) is 1. The van der Waals surface area contributed by atoms with Gasteiger partial charge in [-0.05, 0) is 33.6 Å². The molecule has 5 heteroatoms. The number of anilines is 2. The number of hydrogen-bond donors (Lipinski definition) is 1. The molecule has 1 rings (SSSR count). The smallest absolute Gasteiger partial charge is 0.137 e. The summed E-state index contributed by atoms with van der Waals surface area (Å²) in [6.07, 6.45) is 2.19. The summed E-state index contributed by atoms with van der Waals surface area (Å²) in [6.45, 7) is 13.0. The van der Waals surface area contributed by atoms with Gasteiger partial charge >= 0.3 is 0 Å². The minimum atomic E-state index is 0.475. The van der Waals surface area contributed by atoms with Gasteiger partial charge in [-0.3, -0.25) is 0 Å². The lowest BCUT2D eigenvalue weighted by atomic mass is 10.1. The van der Waals surface area contributed by atoms with E-state index in [1.807, 2.05) is 6.92 Å². The third kappa shape index (κ3) is 4.56. The predicted octanol–water partition coefficient (Wildman–Crippen LogP) is 3.17. The maximum atomic E-state index is 5.28. The zero-order valence-electron chi connectivity index (χ0n) is 14.4. The van der Waals surface area contributed by atoms with Crippen molar-refractivity contribution in [3.63, 3.8) is 0 Å². The molecule has 21 heavy (non-hydrogen) atoms. The van der Waals surface area contributed by atoms with Crippen LogP contribution in [0.4, 0.5) is 11.6 Å². The molecule has 1 N–H and O–H groups in total. The van der Waals surface area contributed by atoms with Gasteiger partial charge in [0, 0.05) is 31.8 Å². The van der Waals surface area contributed by atoms with E-state index in [2.05, 4.69) is 42.9 Å². The fraction of sp³-hybridized carbons (Fsp3) is 0.750. The van der Waals surface area contributed by atoms with Crippen LogP contribution >= 0.6 is 0 Å². The molecule has 0 fully saturated rings. The highest BCUT2D eigenvalue weighted by atomic mass is 16.5. The SMILES string of the molecule is CCNc1nc(C)nc(N(CCOC)C(CC)CC)c1C. The molecule has 1 aromatic rings. The van der Waals surface area contributed by atoms with E-state index >= 15 is 0 Å². The van der Waals surface area contributed by atoms with Crippen LogP contribution in [0.1, 0.15) is 45.0 Å². The maximum absolute atomic E-state index is 5.28. The Morgan fingerprint density at radius 3 is 2.33 bits per heavy atom. The quantitative estimate of drug-likeness (QED) is 0.758. The Bertz CT molecular complexity index is 433. The van der Waals surface area contributed by atoms with Gasteiger partial charge in [0.25, 0.3) is 0 Å². The summed E-state index contributed by atoms with van der Waals surface area (Å²) in [4.78, 5) is 11.6. The van der Waals surface area contributed by atoms with E-state index in [1.54, 1.807) is 7.11 Å². The van der Waals surface area contributed by atoms with Gasteiger partial charge in [-0.2, -0.15) is 0 Å². The maximum Gasteiger partial charge on any atom is 0.137 e. The fourth-order valence-corrected chi connectivity index (χ4v) is 2.61. The summed E-state index contributed by atoms with van der Waals surface area (Å²) in [6, 6.07) is 0.475. The molecule has 0 unspecified atom stereocenters. The molecule has 0 saturated carbocycles. The van der Waals surface area contributed by atoms with Crippen LogP contribution in [0.15, 0.2) is 0 Å². The Morgan fingerprint density at radius 2 is 1.81 bits per heavy atom. The van der Waals surface area contributed by atoms with E-state index in [9.17, 15) is 0 Å². The van der Waals surface area contributed by atoms with Crippen LogP contribution in [-0.2, 0) is 4.74 Å². The van der Waals surface area contributed by atoms with E-state index in [1.165, 1.54) is 0 Å². The van der Waals surface area contributed by atoms with Gasteiger partial charge in [-0.25, -0.2) is 9.97 Å². The van der Waals surface area contributed by atoms with Gasteiger partial charge in [0.2, 0.25) is 0 Å². The van der Waals surface area contributed by atoms with Crippen molar-refractivity contribution in [2.24, 2.45) is 0 Å². The molecule has 0 atom stereocenters. The molecule has 0 aliphatic carbocycles. The first-order valence-electron chi connectivity index (χ1n) is 7.93. The molecule has 0 spiro atoms. The van der Waals surface area contributed by atoms with Gasteiger partial charge in [0.1, 0.15) is 17.5 Å². The van der Waals surface area contributed by atoms with Gasteiger partial charge in [0.05, 0.1) is 6.61 Å². The van der Waals surface area contributed by atoms with Crippen molar-refractivity contribution in [3.8, 4) is 0 Å². The van der Waals surface area contributed by atoms with Crippen molar-refractivity contribution in [3.05, 3.63) is 11.4 Å². The highest BCUT2D eigenvalue weighted by molar-refractivity contribution is 5.59. The van der Waals surface area contributed by atoms with Crippen molar-refractivity contribution in [1.82, 2.24) is 9.97 Å². The van der Waals surface area contributed by atoms with Crippen molar-refractivity contribution in [1.29, 1.82) is 0 Å². The molecule has 0 saturated heterocycles. The monoisotopic (exact) mass is 294 g/mol. The van der Waals surface area contributed by atoms with E-state index in [-0.39, 0.29) is 0 Å². The summed E-state index contributed by atoms with van der Waals surface area (Å²) >= 11 is 0. The third-order valence-electron chi connectivity index (χ3n) is 3.77. The topological polar surface area (TPSA) is 50.3 Å². The Balaban J connectivity index is 3.21. The predicted molar refractivity (Wildman–Crippen MR) is 89.3 cm³/mol. The zero-order chi connectivity index (χ0) is 15.8. The second-order valence-electron chi connectivity index (χ2n) is 5.25. The number of aryl methyl sites for hydroxylation is 1. The molecule has 1 aromatic heterocycles. The third-order valence-corrected chi connectivity index (χ3v) is 3.77. The Kier molecular flexibility index (Phi) is 7.43. The molecule has 0 aromatic carbocycles. The van der Waals surface area contributed by atoms with Crippen molar-refractivity contribution in [2.45, 2.75) is 53.5 Å². The summed E-state index contributed by atoms with van der Waals surface area (Å²) in [7, 11) is 1.74. The van der Waals surface area contributed by atoms with Crippen molar-refractivity contribution in [2.75, 3.05) is 37.0 Å². The lowest BCUT2D eigenvalue weighted by Crippen LogP contribution is -2.38. The molecule has 0 aliphatic rings. The Hall–Kier alpha value is -1.36. The number of rotatable bonds is 9. The first-order valence-corrected chi connectivity index (χ1v) is 7.93. The Labute approximate surface area is 129 Å². The molecule has 1 heterocycles. The summed E-state index contributed by atoms with van der Waals surface area (Å²) in [5.41, 5.74) is 1.12. The number of aromatic nitrogens is 2. The molecule has 5 nitrogen and oxygen atoms in total. The average molecular weight is 294 g/mol. The second kappa shape index (κ2) is 8.82. The van der Waals surface area contributed by atoms with Gasteiger partial charge < -0.3 is 15.0 Å². The lowest BCUT2D eigenvalue weighted by molar-refractivity contribution is 0.202. The van der Waals surface area contributed by atoms with Gasteiger partial charge in [-0.15, -0.1) is 0 Å². The molecule has 0 radical (unpaired) electrons. The van der Waals surface area contributed by atoms with Crippen LogP contribution in [0, 0.1) is 13.8 Å². The van der Waals surface area contributed by atoms with Crippen LogP contribution in [0.25, 0.3) is 0 Å².